The number of carbonyl (C=O) groups is 1. The molecule has 0 aliphatic carbocycles. The molecule has 4 rings (SSSR count). The van der Waals surface area contributed by atoms with Gasteiger partial charge in [0.2, 0.25) is 5.91 Å². The van der Waals surface area contributed by atoms with Crippen LogP contribution in [0.4, 0.5) is 5.69 Å². The Bertz CT molecular complexity index is 1120. The van der Waals surface area contributed by atoms with Crippen LogP contribution in [0.15, 0.2) is 78.0 Å². The van der Waals surface area contributed by atoms with Crippen LogP contribution in [-0.4, -0.2) is 21.1 Å². The summed E-state index contributed by atoms with van der Waals surface area (Å²) in [5.41, 5.74) is 5.97. The molecule has 4 nitrogen and oxygen atoms in total. The molecule has 28 heavy (non-hydrogen) atoms. The normalized spacial score (nSPS) is 12.1. The zero-order chi connectivity index (χ0) is 19.5. The van der Waals surface area contributed by atoms with E-state index in [-0.39, 0.29) is 11.2 Å². The Morgan fingerprint density at radius 3 is 2.61 bits per heavy atom. The molecule has 0 aliphatic rings. The first kappa shape index (κ1) is 18.3. The molecule has 140 valence electrons. The van der Waals surface area contributed by atoms with E-state index in [0.717, 1.165) is 33.0 Å². The standard InChI is InChI=1S/C23H21N3OS/c1-15-12-13-20-21(14-15)26-23(25-20)28-16(2)22(27)24-19-11-7-6-10-18(19)17-8-4-3-5-9-17/h3-14,16H,1-2H3,(H,24,27)(H,25,26)/t16-/m0/s1. The molecule has 1 atom stereocenters. The summed E-state index contributed by atoms with van der Waals surface area (Å²) in [5, 5.41) is 3.53. The lowest BCUT2D eigenvalue weighted by Crippen LogP contribution is -2.22. The lowest BCUT2D eigenvalue weighted by atomic mass is 10.0. The Balaban J connectivity index is 1.50. The zero-order valence-corrected chi connectivity index (χ0v) is 16.6. The van der Waals surface area contributed by atoms with Crippen molar-refractivity contribution in [3.05, 3.63) is 78.4 Å². The van der Waals surface area contributed by atoms with Gasteiger partial charge in [-0.25, -0.2) is 4.98 Å². The quantitative estimate of drug-likeness (QED) is 0.435. The summed E-state index contributed by atoms with van der Waals surface area (Å²) < 4.78 is 0. The second-order valence-corrected chi connectivity index (χ2v) is 8.05. The van der Waals surface area contributed by atoms with E-state index in [1.54, 1.807) is 0 Å². The number of para-hydroxylation sites is 1. The molecule has 2 N–H and O–H groups in total. The number of fused-ring (bicyclic) bond motifs is 1. The summed E-state index contributed by atoms with van der Waals surface area (Å²) in [4.78, 5) is 20.7. The number of rotatable bonds is 5. The van der Waals surface area contributed by atoms with Crippen molar-refractivity contribution in [1.82, 2.24) is 9.97 Å². The first-order valence-electron chi connectivity index (χ1n) is 9.18. The number of aromatic nitrogens is 2. The number of benzene rings is 3. The van der Waals surface area contributed by atoms with Crippen molar-refractivity contribution in [2.75, 3.05) is 5.32 Å². The molecule has 0 fully saturated rings. The molecule has 0 bridgehead atoms. The highest BCUT2D eigenvalue weighted by atomic mass is 32.2. The van der Waals surface area contributed by atoms with Crippen LogP contribution in [-0.2, 0) is 4.79 Å². The Morgan fingerprint density at radius 1 is 1.04 bits per heavy atom. The smallest absolute Gasteiger partial charge is 0.237 e. The monoisotopic (exact) mass is 387 g/mol. The van der Waals surface area contributed by atoms with E-state index in [1.165, 1.54) is 17.3 Å². The largest absolute Gasteiger partial charge is 0.333 e. The molecular formula is C23H21N3OS. The second-order valence-electron chi connectivity index (χ2n) is 6.72. The van der Waals surface area contributed by atoms with Gasteiger partial charge in [0.15, 0.2) is 5.16 Å². The SMILES string of the molecule is Cc1ccc2nc(S[C@@H](C)C(=O)Nc3ccccc3-c3ccccc3)[nH]c2c1. The Labute approximate surface area is 168 Å². The molecule has 1 heterocycles. The minimum atomic E-state index is -0.287. The van der Waals surface area contributed by atoms with E-state index in [4.69, 9.17) is 0 Å². The maximum atomic E-state index is 12.8. The number of hydrogen-bond acceptors (Lipinski definition) is 3. The van der Waals surface area contributed by atoms with Crippen molar-refractivity contribution in [2.24, 2.45) is 0 Å². The molecule has 4 aromatic rings. The molecule has 1 amide bonds. The fraction of sp³-hybridized carbons (Fsp3) is 0.130. The number of hydrogen-bond donors (Lipinski definition) is 2. The van der Waals surface area contributed by atoms with Crippen LogP contribution in [0.5, 0.6) is 0 Å². The first-order chi connectivity index (χ1) is 13.6. The van der Waals surface area contributed by atoms with Crippen molar-refractivity contribution in [2.45, 2.75) is 24.3 Å². The van der Waals surface area contributed by atoms with Gasteiger partial charge in [-0.1, -0.05) is 66.4 Å². The topological polar surface area (TPSA) is 57.8 Å². The lowest BCUT2D eigenvalue weighted by molar-refractivity contribution is -0.115. The van der Waals surface area contributed by atoms with E-state index in [0.29, 0.717) is 0 Å². The van der Waals surface area contributed by atoms with Crippen LogP contribution in [0.2, 0.25) is 0 Å². The Hall–Kier alpha value is -3.05. The minimum absolute atomic E-state index is 0.0509. The van der Waals surface area contributed by atoms with Crippen molar-refractivity contribution < 1.29 is 4.79 Å². The molecule has 1 aromatic heterocycles. The molecule has 0 unspecified atom stereocenters. The zero-order valence-electron chi connectivity index (χ0n) is 15.8. The number of amides is 1. The third-order valence-corrected chi connectivity index (χ3v) is 5.53. The molecular weight excluding hydrogens is 366 g/mol. The van der Waals surface area contributed by atoms with E-state index < -0.39 is 0 Å². The molecule has 0 saturated carbocycles. The highest BCUT2D eigenvalue weighted by Crippen LogP contribution is 2.29. The summed E-state index contributed by atoms with van der Waals surface area (Å²) >= 11 is 1.43. The van der Waals surface area contributed by atoms with E-state index >= 15 is 0 Å². The summed E-state index contributed by atoms with van der Waals surface area (Å²) in [6, 6.07) is 24.0. The van der Waals surface area contributed by atoms with Gasteiger partial charge in [0.05, 0.1) is 16.3 Å². The maximum absolute atomic E-state index is 12.8. The Kier molecular flexibility index (Phi) is 5.17. The molecule has 5 heteroatoms. The highest BCUT2D eigenvalue weighted by Gasteiger charge is 2.18. The molecule has 0 aliphatic heterocycles. The number of carbonyl (C=O) groups excluding carboxylic acids is 1. The van der Waals surface area contributed by atoms with E-state index in [9.17, 15) is 4.79 Å². The summed E-state index contributed by atoms with van der Waals surface area (Å²) in [5.74, 6) is -0.0509. The number of aryl methyl sites for hydroxylation is 1. The van der Waals surface area contributed by atoms with Crippen LogP contribution in [0.25, 0.3) is 22.2 Å². The summed E-state index contributed by atoms with van der Waals surface area (Å²) in [6.45, 7) is 3.94. The van der Waals surface area contributed by atoms with Crippen molar-refractivity contribution in [3.8, 4) is 11.1 Å². The predicted octanol–water partition coefficient (Wildman–Crippen LogP) is 5.66. The fourth-order valence-electron chi connectivity index (χ4n) is 3.07. The molecule has 3 aromatic carbocycles. The van der Waals surface area contributed by atoms with Crippen LogP contribution in [0, 0.1) is 6.92 Å². The second kappa shape index (κ2) is 7.90. The van der Waals surface area contributed by atoms with Gasteiger partial charge in [-0.15, -0.1) is 0 Å². The van der Waals surface area contributed by atoms with Crippen LogP contribution in [0.1, 0.15) is 12.5 Å². The van der Waals surface area contributed by atoms with Crippen molar-refractivity contribution >= 4 is 34.4 Å². The van der Waals surface area contributed by atoms with Crippen LogP contribution in [0.3, 0.4) is 0 Å². The molecule has 0 saturated heterocycles. The number of aromatic amines is 1. The number of anilines is 1. The van der Waals surface area contributed by atoms with Crippen LogP contribution >= 0.6 is 11.8 Å². The third kappa shape index (κ3) is 3.94. The summed E-state index contributed by atoms with van der Waals surface area (Å²) in [7, 11) is 0. The average Bonchev–Trinajstić information content (AvgIpc) is 3.10. The van der Waals surface area contributed by atoms with Gasteiger partial charge >= 0.3 is 0 Å². The number of nitrogens with one attached hydrogen (secondary N) is 2. The summed E-state index contributed by atoms with van der Waals surface area (Å²) in [6.07, 6.45) is 0. The highest BCUT2D eigenvalue weighted by molar-refractivity contribution is 8.00. The number of imidazole rings is 1. The van der Waals surface area contributed by atoms with E-state index in [2.05, 4.69) is 21.4 Å². The van der Waals surface area contributed by atoms with Gasteiger partial charge in [0.1, 0.15) is 0 Å². The number of H-pyrrole nitrogens is 1. The van der Waals surface area contributed by atoms with Gasteiger partial charge in [-0.2, -0.15) is 0 Å². The van der Waals surface area contributed by atoms with Gasteiger partial charge in [-0.3, -0.25) is 4.79 Å². The van der Waals surface area contributed by atoms with Gasteiger partial charge in [-0.05, 0) is 43.2 Å². The van der Waals surface area contributed by atoms with Crippen molar-refractivity contribution in [3.63, 3.8) is 0 Å². The average molecular weight is 388 g/mol. The van der Waals surface area contributed by atoms with Gasteiger partial charge < -0.3 is 10.3 Å². The number of thioether (sulfide) groups is 1. The van der Waals surface area contributed by atoms with Crippen LogP contribution < -0.4 is 5.32 Å². The third-order valence-electron chi connectivity index (χ3n) is 4.54. The molecule has 0 spiro atoms. The maximum Gasteiger partial charge on any atom is 0.237 e. The molecule has 0 radical (unpaired) electrons. The number of nitrogens with zero attached hydrogens (tertiary/aromatic N) is 1. The minimum Gasteiger partial charge on any atom is -0.333 e. The van der Waals surface area contributed by atoms with Gasteiger partial charge in [0.25, 0.3) is 0 Å². The fourth-order valence-corrected chi connectivity index (χ4v) is 3.89. The van der Waals surface area contributed by atoms with E-state index in [1.807, 2.05) is 80.6 Å². The first-order valence-corrected chi connectivity index (χ1v) is 10.1. The predicted molar refractivity (Wildman–Crippen MR) is 117 cm³/mol. The lowest BCUT2D eigenvalue weighted by Gasteiger charge is -2.14. The van der Waals surface area contributed by atoms with Crippen molar-refractivity contribution in [1.29, 1.82) is 0 Å². The Morgan fingerprint density at radius 2 is 1.79 bits per heavy atom. The van der Waals surface area contributed by atoms with Gasteiger partial charge in [0, 0.05) is 11.3 Å².